The van der Waals surface area contributed by atoms with Gasteiger partial charge in [-0.15, -0.1) is 11.3 Å². The van der Waals surface area contributed by atoms with Crippen molar-refractivity contribution >= 4 is 27.5 Å². The van der Waals surface area contributed by atoms with Crippen LogP contribution < -0.4 is 5.56 Å². The fourth-order valence-electron chi connectivity index (χ4n) is 3.85. The number of carbonyl (C=O) groups is 1. The molecule has 4 heterocycles. The highest BCUT2D eigenvalue weighted by atomic mass is 32.1. The molecule has 7 nitrogen and oxygen atoms in total. The maximum atomic E-state index is 13.4. The second kappa shape index (κ2) is 6.42. The van der Waals surface area contributed by atoms with Crippen LogP contribution in [-0.2, 0) is 6.54 Å². The number of nitrogens with one attached hydrogen (secondary N) is 2. The van der Waals surface area contributed by atoms with Crippen LogP contribution in [0.3, 0.4) is 0 Å². The van der Waals surface area contributed by atoms with E-state index in [0.717, 1.165) is 17.0 Å². The van der Waals surface area contributed by atoms with Crippen molar-refractivity contribution in [3.8, 4) is 0 Å². The van der Waals surface area contributed by atoms with Crippen molar-refractivity contribution in [1.82, 2.24) is 24.8 Å². The Kier molecular flexibility index (Phi) is 3.87. The van der Waals surface area contributed by atoms with Gasteiger partial charge in [-0.1, -0.05) is 30.3 Å². The molecule has 140 valence electrons. The van der Waals surface area contributed by atoms with Crippen molar-refractivity contribution in [2.45, 2.75) is 19.4 Å². The number of aromatic nitrogens is 4. The molecule has 0 aliphatic carbocycles. The number of hydrogen-bond donors (Lipinski definition) is 2. The van der Waals surface area contributed by atoms with Crippen molar-refractivity contribution in [2.75, 3.05) is 6.54 Å². The number of H-pyrrole nitrogens is 2. The molecule has 1 atom stereocenters. The van der Waals surface area contributed by atoms with Crippen molar-refractivity contribution in [3.63, 3.8) is 0 Å². The quantitative estimate of drug-likeness (QED) is 0.549. The highest BCUT2D eigenvalue weighted by Gasteiger charge is 2.33. The Bertz CT molecular complexity index is 1240. The minimum absolute atomic E-state index is 0.0105. The predicted molar refractivity (Wildman–Crippen MR) is 107 cm³/mol. The molecule has 8 heteroatoms. The first kappa shape index (κ1) is 16.9. The largest absolute Gasteiger partial charge is 0.347 e. The van der Waals surface area contributed by atoms with E-state index >= 15 is 0 Å². The molecule has 0 fully saturated rings. The van der Waals surface area contributed by atoms with Gasteiger partial charge < -0.3 is 14.9 Å². The van der Waals surface area contributed by atoms with E-state index in [0.29, 0.717) is 33.7 Å². The van der Waals surface area contributed by atoms with E-state index in [1.54, 1.807) is 6.33 Å². The molecule has 0 bridgehead atoms. The second-order valence-corrected chi connectivity index (χ2v) is 7.88. The Morgan fingerprint density at radius 3 is 2.75 bits per heavy atom. The molecular weight excluding hydrogens is 374 g/mol. The molecule has 4 aromatic rings. The van der Waals surface area contributed by atoms with Gasteiger partial charge in [0.25, 0.3) is 11.5 Å². The molecule has 28 heavy (non-hydrogen) atoms. The number of thiophene rings is 1. The lowest BCUT2D eigenvalue weighted by Crippen LogP contribution is -2.38. The van der Waals surface area contributed by atoms with Crippen LogP contribution in [0.15, 0.2) is 47.8 Å². The normalized spacial score (nSPS) is 16.3. The summed E-state index contributed by atoms with van der Waals surface area (Å²) in [4.78, 5) is 43.0. The zero-order valence-corrected chi connectivity index (χ0v) is 15.9. The Hall–Kier alpha value is -3.26. The Morgan fingerprint density at radius 1 is 1.18 bits per heavy atom. The summed E-state index contributed by atoms with van der Waals surface area (Å²) in [6.45, 7) is 2.82. The van der Waals surface area contributed by atoms with Crippen molar-refractivity contribution in [2.24, 2.45) is 0 Å². The van der Waals surface area contributed by atoms with Crippen LogP contribution in [0.1, 0.15) is 38.1 Å². The first-order chi connectivity index (χ1) is 13.6. The van der Waals surface area contributed by atoms with Gasteiger partial charge in [-0.25, -0.2) is 9.97 Å². The van der Waals surface area contributed by atoms with E-state index in [1.165, 1.54) is 17.7 Å². The lowest BCUT2D eigenvalue weighted by Gasteiger charge is -2.32. The monoisotopic (exact) mass is 391 g/mol. The lowest BCUT2D eigenvalue weighted by atomic mass is 9.91. The van der Waals surface area contributed by atoms with Gasteiger partial charge in [0.05, 0.1) is 40.9 Å². The van der Waals surface area contributed by atoms with E-state index < -0.39 is 0 Å². The number of nitrogens with zero attached hydrogens (tertiary/aromatic N) is 3. The van der Waals surface area contributed by atoms with Gasteiger partial charge in [-0.3, -0.25) is 9.59 Å². The van der Waals surface area contributed by atoms with Crippen LogP contribution in [-0.4, -0.2) is 37.3 Å². The molecule has 1 aliphatic rings. The first-order valence-corrected chi connectivity index (χ1v) is 9.78. The average Bonchev–Trinajstić information content (AvgIpc) is 3.32. The Morgan fingerprint density at radius 2 is 1.96 bits per heavy atom. The highest BCUT2D eigenvalue weighted by Crippen LogP contribution is 2.34. The molecule has 0 spiro atoms. The summed E-state index contributed by atoms with van der Waals surface area (Å²) in [6, 6.07) is 10.1. The number of aromatic amines is 2. The lowest BCUT2D eigenvalue weighted by molar-refractivity contribution is 0.0726. The van der Waals surface area contributed by atoms with Crippen LogP contribution in [0.4, 0.5) is 0 Å². The van der Waals surface area contributed by atoms with Gasteiger partial charge in [0.1, 0.15) is 4.83 Å². The summed E-state index contributed by atoms with van der Waals surface area (Å²) >= 11 is 1.27. The summed E-state index contributed by atoms with van der Waals surface area (Å²) in [5.41, 5.74) is 3.53. The third-order valence-electron chi connectivity index (χ3n) is 5.25. The van der Waals surface area contributed by atoms with Gasteiger partial charge in [-0.05, 0) is 18.1 Å². The summed E-state index contributed by atoms with van der Waals surface area (Å²) in [5, 5.41) is 0.495. The minimum atomic E-state index is -0.213. The number of hydrogen-bond acceptors (Lipinski definition) is 5. The number of carbonyl (C=O) groups excluding carboxylic acids is 1. The molecular formula is C20H17N5O2S. The molecule has 5 rings (SSSR count). The molecule has 2 N–H and O–H groups in total. The standard InChI is InChI=1S/C20H17N5O2S/c1-11-15-18(26)23-10-24-19(15)28-17(11)20(27)25-7-13(12-5-3-2-4-6-12)16-14(8-25)21-9-22-16/h2-6,9-10,13H,7-8H2,1H3,(H,21,22)(H,23,24,26). The highest BCUT2D eigenvalue weighted by molar-refractivity contribution is 7.20. The molecule has 1 aromatic carbocycles. The van der Waals surface area contributed by atoms with Crippen LogP contribution >= 0.6 is 11.3 Å². The molecule has 1 amide bonds. The molecule has 0 saturated heterocycles. The topological polar surface area (TPSA) is 94.7 Å². The van der Waals surface area contributed by atoms with E-state index in [9.17, 15) is 9.59 Å². The summed E-state index contributed by atoms with van der Waals surface area (Å²) in [7, 11) is 0. The second-order valence-electron chi connectivity index (χ2n) is 6.88. The summed E-state index contributed by atoms with van der Waals surface area (Å²) < 4.78 is 0. The summed E-state index contributed by atoms with van der Waals surface area (Å²) in [6.07, 6.45) is 3.06. The van der Waals surface area contributed by atoms with E-state index in [1.807, 2.05) is 30.0 Å². The third-order valence-corrected chi connectivity index (χ3v) is 6.44. The number of imidazole rings is 1. The van der Waals surface area contributed by atoms with Gasteiger partial charge in [0, 0.05) is 12.5 Å². The van der Waals surface area contributed by atoms with E-state index in [2.05, 4.69) is 32.1 Å². The van der Waals surface area contributed by atoms with Crippen molar-refractivity contribution in [3.05, 3.63) is 80.7 Å². The smallest absolute Gasteiger partial charge is 0.264 e. The number of amides is 1. The number of aryl methyl sites for hydroxylation is 1. The van der Waals surface area contributed by atoms with E-state index in [4.69, 9.17) is 0 Å². The first-order valence-electron chi connectivity index (χ1n) is 8.96. The zero-order chi connectivity index (χ0) is 19.3. The average molecular weight is 391 g/mol. The van der Waals surface area contributed by atoms with E-state index in [-0.39, 0.29) is 17.4 Å². The Balaban J connectivity index is 1.55. The number of fused-ring (bicyclic) bond motifs is 2. The summed E-state index contributed by atoms with van der Waals surface area (Å²) in [5.74, 6) is -0.0718. The van der Waals surface area contributed by atoms with Crippen LogP contribution in [0.5, 0.6) is 0 Å². The van der Waals surface area contributed by atoms with Gasteiger partial charge in [0.2, 0.25) is 0 Å². The van der Waals surface area contributed by atoms with Crippen molar-refractivity contribution in [1.29, 1.82) is 0 Å². The molecule has 0 saturated carbocycles. The fourth-order valence-corrected chi connectivity index (χ4v) is 4.97. The van der Waals surface area contributed by atoms with Gasteiger partial charge >= 0.3 is 0 Å². The Labute approximate surface area is 164 Å². The fraction of sp³-hybridized carbons (Fsp3) is 0.200. The molecule has 0 radical (unpaired) electrons. The van der Waals surface area contributed by atoms with Crippen molar-refractivity contribution < 1.29 is 4.79 Å². The number of benzene rings is 1. The maximum absolute atomic E-state index is 13.4. The SMILES string of the molecule is Cc1c(C(=O)N2Cc3[nH]cnc3C(c3ccccc3)C2)sc2nc[nH]c(=O)c12. The molecule has 1 aliphatic heterocycles. The van der Waals surface area contributed by atoms with Gasteiger partial charge in [-0.2, -0.15) is 0 Å². The predicted octanol–water partition coefficient (Wildman–Crippen LogP) is 2.80. The van der Waals surface area contributed by atoms with Crippen LogP contribution in [0.25, 0.3) is 10.2 Å². The number of rotatable bonds is 2. The molecule has 3 aromatic heterocycles. The van der Waals surface area contributed by atoms with Crippen LogP contribution in [0, 0.1) is 6.92 Å². The zero-order valence-electron chi connectivity index (χ0n) is 15.1. The minimum Gasteiger partial charge on any atom is -0.347 e. The van der Waals surface area contributed by atoms with Crippen LogP contribution in [0.2, 0.25) is 0 Å². The maximum Gasteiger partial charge on any atom is 0.264 e. The van der Waals surface area contributed by atoms with Gasteiger partial charge in [0.15, 0.2) is 0 Å². The third kappa shape index (κ3) is 2.56. The molecule has 1 unspecified atom stereocenters.